The maximum absolute atomic E-state index is 8.93. The summed E-state index contributed by atoms with van der Waals surface area (Å²) in [5.41, 5.74) is 0.137. The highest BCUT2D eigenvalue weighted by atomic mass is 16.2. The molecular weight excluding hydrogens is 252 g/mol. The summed E-state index contributed by atoms with van der Waals surface area (Å²) in [6, 6.07) is 1.93. The molecular formula is C15H28N4O. The fourth-order valence-electron chi connectivity index (χ4n) is 2.03. The van der Waals surface area contributed by atoms with Crippen molar-refractivity contribution in [2.75, 3.05) is 30.8 Å². The van der Waals surface area contributed by atoms with Crippen molar-refractivity contribution in [1.82, 2.24) is 9.97 Å². The van der Waals surface area contributed by atoms with E-state index in [-0.39, 0.29) is 12.0 Å². The standard InChI is InChI=1S/C15H28N4O/c1-5-7-12-18-13(16-4)10-14(19-12)17-11-15(2,3)8-6-9-20/h10,20H,5-9,11H2,1-4H3,(H2,16,17,18,19). The zero-order chi connectivity index (χ0) is 15.0. The smallest absolute Gasteiger partial charge is 0.133 e. The van der Waals surface area contributed by atoms with Crippen molar-refractivity contribution < 1.29 is 5.11 Å². The van der Waals surface area contributed by atoms with E-state index in [1.807, 2.05) is 13.1 Å². The number of aromatic nitrogens is 2. The normalized spacial score (nSPS) is 11.4. The molecule has 0 amide bonds. The molecule has 1 aromatic rings. The Morgan fingerprint density at radius 1 is 1.25 bits per heavy atom. The summed E-state index contributed by atoms with van der Waals surface area (Å²) in [6.07, 6.45) is 3.75. The number of rotatable bonds is 9. The minimum absolute atomic E-state index is 0.137. The molecule has 0 aromatic carbocycles. The van der Waals surface area contributed by atoms with E-state index < -0.39 is 0 Å². The van der Waals surface area contributed by atoms with Crippen molar-refractivity contribution in [1.29, 1.82) is 0 Å². The Morgan fingerprint density at radius 2 is 1.95 bits per heavy atom. The predicted molar refractivity (Wildman–Crippen MR) is 84.2 cm³/mol. The Bertz CT molecular complexity index is 407. The van der Waals surface area contributed by atoms with E-state index in [0.29, 0.717) is 0 Å². The average Bonchev–Trinajstić information content (AvgIpc) is 2.43. The third-order valence-corrected chi connectivity index (χ3v) is 3.26. The molecule has 5 nitrogen and oxygen atoms in total. The first-order valence-corrected chi connectivity index (χ1v) is 7.41. The summed E-state index contributed by atoms with van der Waals surface area (Å²) < 4.78 is 0. The van der Waals surface area contributed by atoms with Gasteiger partial charge in [-0.1, -0.05) is 20.8 Å². The first-order chi connectivity index (χ1) is 9.50. The Morgan fingerprint density at radius 3 is 2.55 bits per heavy atom. The van der Waals surface area contributed by atoms with Crippen LogP contribution in [-0.4, -0.2) is 35.3 Å². The minimum Gasteiger partial charge on any atom is -0.396 e. The van der Waals surface area contributed by atoms with Crippen LogP contribution in [-0.2, 0) is 6.42 Å². The zero-order valence-corrected chi connectivity index (χ0v) is 13.2. The Balaban J connectivity index is 2.68. The van der Waals surface area contributed by atoms with Crippen molar-refractivity contribution in [3.8, 4) is 0 Å². The molecule has 1 heterocycles. The van der Waals surface area contributed by atoms with E-state index in [0.717, 1.165) is 49.7 Å². The lowest BCUT2D eigenvalue weighted by molar-refractivity contribution is 0.248. The van der Waals surface area contributed by atoms with Gasteiger partial charge < -0.3 is 15.7 Å². The van der Waals surface area contributed by atoms with Crippen LogP contribution in [0, 0.1) is 5.41 Å². The monoisotopic (exact) mass is 280 g/mol. The SMILES string of the molecule is CCCc1nc(NC)cc(NCC(C)(C)CCCO)n1. The van der Waals surface area contributed by atoms with Gasteiger partial charge >= 0.3 is 0 Å². The molecule has 0 bridgehead atoms. The third kappa shape index (κ3) is 5.74. The molecule has 0 saturated heterocycles. The first kappa shape index (κ1) is 16.7. The Kier molecular flexibility index (Phi) is 6.71. The summed E-state index contributed by atoms with van der Waals surface area (Å²) in [7, 11) is 1.87. The van der Waals surface area contributed by atoms with Crippen LogP contribution < -0.4 is 10.6 Å². The van der Waals surface area contributed by atoms with Crippen LogP contribution in [0.2, 0.25) is 0 Å². The van der Waals surface area contributed by atoms with Gasteiger partial charge in [-0.05, 0) is 24.7 Å². The fourth-order valence-corrected chi connectivity index (χ4v) is 2.03. The topological polar surface area (TPSA) is 70.1 Å². The maximum atomic E-state index is 8.93. The number of aryl methyl sites for hydroxylation is 1. The molecule has 0 fully saturated rings. The minimum atomic E-state index is 0.137. The number of nitrogens with one attached hydrogen (secondary N) is 2. The molecule has 0 saturated carbocycles. The summed E-state index contributed by atoms with van der Waals surface area (Å²) in [4.78, 5) is 8.98. The second-order valence-electron chi connectivity index (χ2n) is 5.90. The molecule has 0 atom stereocenters. The van der Waals surface area contributed by atoms with Gasteiger partial charge in [-0.15, -0.1) is 0 Å². The first-order valence-electron chi connectivity index (χ1n) is 7.41. The molecule has 20 heavy (non-hydrogen) atoms. The van der Waals surface area contributed by atoms with Gasteiger partial charge in [0.1, 0.15) is 17.5 Å². The molecule has 0 spiro atoms. The fraction of sp³-hybridized carbons (Fsp3) is 0.733. The average molecular weight is 280 g/mol. The van der Waals surface area contributed by atoms with Gasteiger partial charge in [0.15, 0.2) is 0 Å². The number of nitrogens with zero attached hydrogens (tertiary/aromatic N) is 2. The summed E-state index contributed by atoms with van der Waals surface area (Å²) in [5.74, 6) is 2.58. The number of aliphatic hydroxyl groups excluding tert-OH is 1. The molecule has 0 aliphatic rings. The number of hydrogen-bond acceptors (Lipinski definition) is 5. The lowest BCUT2D eigenvalue weighted by Crippen LogP contribution is -2.24. The van der Waals surface area contributed by atoms with Crippen molar-refractivity contribution in [2.24, 2.45) is 5.41 Å². The molecule has 0 radical (unpaired) electrons. The van der Waals surface area contributed by atoms with E-state index in [1.54, 1.807) is 0 Å². The highest BCUT2D eigenvalue weighted by Gasteiger charge is 2.17. The van der Waals surface area contributed by atoms with Gasteiger partial charge in [0, 0.05) is 32.7 Å². The van der Waals surface area contributed by atoms with Crippen LogP contribution in [0.5, 0.6) is 0 Å². The molecule has 1 rings (SSSR count). The van der Waals surface area contributed by atoms with Crippen molar-refractivity contribution >= 4 is 11.6 Å². The van der Waals surface area contributed by atoms with E-state index in [9.17, 15) is 0 Å². The van der Waals surface area contributed by atoms with E-state index in [1.165, 1.54) is 0 Å². The van der Waals surface area contributed by atoms with Crippen LogP contribution in [0.4, 0.5) is 11.6 Å². The predicted octanol–water partition coefficient (Wildman–Crippen LogP) is 2.68. The van der Waals surface area contributed by atoms with Gasteiger partial charge in [0.25, 0.3) is 0 Å². The molecule has 0 aliphatic carbocycles. The van der Waals surface area contributed by atoms with E-state index in [2.05, 4.69) is 41.4 Å². The van der Waals surface area contributed by atoms with Crippen molar-refractivity contribution in [2.45, 2.75) is 46.5 Å². The second-order valence-corrected chi connectivity index (χ2v) is 5.90. The van der Waals surface area contributed by atoms with Gasteiger partial charge in [-0.3, -0.25) is 0 Å². The van der Waals surface area contributed by atoms with Crippen LogP contribution in [0.3, 0.4) is 0 Å². The van der Waals surface area contributed by atoms with Crippen LogP contribution in [0.25, 0.3) is 0 Å². The molecule has 0 unspecified atom stereocenters. The largest absolute Gasteiger partial charge is 0.396 e. The molecule has 0 aliphatic heterocycles. The lowest BCUT2D eigenvalue weighted by atomic mass is 9.88. The molecule has 114 valence electrons. The van der Waals surface area contributed by atoms with Gasteiger partial charge in [0.2, 0.25) is 0 Å². The van der Waals surface area contributed by atoms with Crippen molar-refractivity contribution in [3.63, 3.8) is 0 Å². The molecule has 3 N–H and O–H groups in total. The molecule has 5 heteroatoms. The number of aliphatic hydroxyl groups is 1. The van der Waals surface area contributed by atoms with Crippen LogP contribution in [0.1, 0.15) is 45.9 Å². The van der Waals surface area contributed by atoms with Crippen LogP contribution >= 0.6 is 0 Å². The lowest BCUT2D eigenvalue weighted by Gasteiger charge is -2.25. The summed E-state index contributed by atoms with van der Waals surface area (Å²) in [6.45, 7) is 7.60. The third-order valence-electron chi connectivity index (χ3n) is 3.26. The summed E-state index contributed by atoms with van der Waals surface area (Å²) >= 11 is 0. The van der Waals surface area contributed by atoms with Gasteiger partial charge in [-0.25, -0.2) is 9.97 Å². The quantitative estimate of drug-likeness (QED) is 0.649. The van der Waals surface area contributed by atoms with Crippen LogP contribution in [0.15, 0.2) is 6.07 Å². The highest BCUT2D eigenvalue weighted by Crippen LogP contribution is 2.23. The number of anilines is 2. The zero-order valence-electron chi connectivity index (χ0n) is 13.2. The van der Waals surface area contributed by atoms with E-state index in [4.69, 9.17) is 5.11 Å². The van der Waals surface area contributed by atoms with E-state index >= 15 is 0 Å². The maximum Gasteiger partial charge on any atom is 0.133 e. The van der Waals surface area contributed by atoms with Gasteiger partial charge in [0.05, 0.1) is 0 Å². The molecule has 1 aromatic heterocycles. The Labute approximate surface area is 122 Å². The highest BCUT2D eigenvalue weighted by molar-refractivity contribution is 5.47. The summed E-state index contributed by atoms with van der Waals surface area (Å²) in [5, 5.41) is 15.4. The Hall–Kier alpha value is -1.36. The van der Waals surface area contributed by atoms with Crippen molar-refractivity contribution in [3.05, 3.63) is 11.9 Å². The second kappa shape index (κ2) is 8.04. The number of hydrogen-bond donors (Lipinski definition) is 3. The van der Waals surface area contributed by atoms with Gasteiger partial charge in [-0.2, -0.15) is 0 Å².